The Morgan fingerprint density at radius 2 is 2.10 bits per heavy atom. The van der Waals surface area contributed by atoms with Crippen LogP contribution in [0.4, 0.5) is 0 Å². The van der Waals surface area contributed by atoms with Crippen LogP contribution in [-0.2, 0) is 0 Å². The van der Waals surface area contributed by atoms with Gasteiger partial charge in [-0.15, -0.1) is 0 Å². The number of rotatable bonds is 0. The van der Waals surface area contributed by atoms with Crippen LogP contribution >= 0.6 is 0 Å². The zero-order chi connectivity index (χ0) is 7.19. The highest BCUT2D eigenvalue weighted by atomic mass is 15.2. The highest BCUT2D eigenvalue weighted by molar-refractivity contribution is 5.05. The fraction of sp³-hybridized carbons (Fsp3) is 1.00. The van der Waals surface area contributed by atoms with Crippen molar-refractivity contribution in [3.63, 3.8) is 0 Å². The molecule has 2 fully saturated rings. The molecule has 0 radical (unpaired) electrons. The van der Waals surface area contributed by atoms with Crippen molar-refractivity contribution >= 4 is 0 Å². The van der Waals surface area contributed by atoms with E-state index in [-0.39, 0.29) is 0 Å². The summed E-state index contributed by atoms with van der Waals surface area (Å²) in [6.07, 6.45) is 5.81. The van der Waals surface area contributed by atoms with Gasteiger partial charge in [0.05, 0.1) is 0 Å². The summed E-state index contributed by atoms with van der Waals surface area (Å²) in [4.78, 5) is 2.58. The van der Waals surface area contributed by atoms with Gasteiger partial charge in [-0.05, 0) is 45.2 Å². The van der Waals surface area contributed by atoms with Crippen LogP contribution in [0.2, 0.25) is 0 Å². The van der Waals surface area contributed by atoms with Gasteiger partial charge in [0.15, 0.2) is 0 Å². The molecule has 0 bridgehead atoms. The van der Waals surface area contributed by atoms with Crippen LogP contribution in [0.15, 0.2) is 0 Å². The van der Waals surface area contributed by atoms with E-state index in [0.717, 1.165) is 5.92 Å². The molecule has 1 nitrogen and oxygen atoms in total. The second-order valence-electron chi connectivity index (χ2n) is 4.24. The zero-order valence-corrected chi connectivity index (χ0v) is 7.06. The first-order chi connectivity index (χ1) is 4.73. The third-order valence-corrected chi connectivity index (χ3v) is 3.32. The molecule has 1 aliphatic heterocycles. The highest BCUT2D eigenvalue weighted by Gasteiger charge is 2.48. The van der Waals surface area contributed by atoms with Gasteiger partial charge in [0.1, 0.15) is 0 Å². The zero-order valence-electron chi connectivity index (χ0n) is 7.06. The molecule has 1 atom stereocenters. The molecule has 2 rings (SSSR count). The average Bonchev–Trinajstić information content (AvgIpc) is 2.62. The lowest BCUT2D eigenvalue weighted by molar-refractivity contribution is 0.130. The predicted octanol–water partition coefficient (Wildman–Crippen LogP) is 1.88. The van der Waals surface area contributed by atoms with Crippen LogP contribution < -0.4 is 0 Å². The monoisotopic (exact) mass is 139 g/mol. The first-order valence-electron chi connectivity index (χ1n) is 4.44. The second kappa shape index (κ2) is 1.97. The van der Waals surface area contributed by atoms with Gasteiger partial charge in [0.2, 0.25) is 0 Å². The third kappa shape index (κ3) is 0.878. The van der Waals surface area contributed by atoms with Crippen molar-refractivity contribution in [2.75, 3.05) is 13.6 Å². The molecule has 1 spiro atoms. The fourth-order valence-corrected chi connectivity index (χ4v) is 2.29. The Labute approximate surface area is 63.4 Å². The maximum absolute atomic E-state index is 2.58. The Hall–Kier alpha value is -0.0400. The molecule has 0 aromatic heterocycles. The topological polar surface area (TPSA) is 3.24 Å². The van der Waals surface area contributed by atoms with Crippen molar-refractivity contribution in [1.29, 1.82) is 0 Å². The molecule has 1 saturated heterocycles. The van der Waals surface area contributed by atoms with Crippen molar-refractivity contribution in [2.45, 2.75) is 38.1 Å². The van der Waals surface area contributed by atoms with Gasteiger partial charge < -0.3 is 4.90 Å². The Morgan fingerprint density at radius 1 is 1.40 bits per heavy atom. The SMILES string of the molecule is C[C@@H]1CCN(C)C2(CC2)C1. The number of hydrogen-bond acceptors (Lipinski definition) is 1. The fourth-order valence-electron chi connectivity index (χ4n) is 2.29. The van der Waals surface area contributed by atoms with Crippen LogP contribution in [0.25, 0.3) is 0 Å². The predicted molar refractivity (Wildman–Crippen MR) is 43.0 cm³/mol. The summed E-state index contributed by atoms with van der Waals surface area (Å²) < 4.78 is 0. The van der Waals surface area contributed by atoms with E-state index in [0.29, 0.717) is 5.54 Å². The summed E-state index contributed by atoms with van der Waals surface area (Å²) in [5, 5.41) is 0. The molecule has 0 amide bonds. The number of nitrogens with zero attached hydrogens (tertiary/aromatic N) is 1. The third-order valence-electron chi connectivity index (χ3n) is 3.32. The van der Waals surface area contributed by atoms with Crippen LogP contribution in [0, 0.1) is 5.92 Å². The molecule has 0 aromatic rings. The normalized spacial score (nSPS) is 38.4. The summed E-state index contributed by atoms with van der Waals surface area (Å²) >= 11 is 0. The molecule has 10 heavy (non-hydrogen) atoms. The lowest BCUT2D eigenvalue weighted by atomic mass is 9.91. The van der Waals surface area contributed by atoms with Crippen LogP contribution in [0.3, 0.4) is 0 Å². The van der Waals surface area contributed by atoms with Crippen molar-refractivity contribution < 1.29 is 0 Å². The standard InChI is InChI=1S/C9H17N/c1-8-3-6-10(2)9(7-8)4-5-9/h8H,3-7H2,1-2H3/t8-/m1/s1. The van der Waals surface area contributed by atoms with Crippen LogP contribution in [0.5, 0.6) is 0 Å². The summed E-state index contributed by atoms with van der Waals surface area (Å²) in [7, 11) is 2.29. The lowest BCUT2D eigenvalue weighted by Crippen LogP contribution is -2.40. The number of hydrogen-bond donors (Lipinski definition) is 0. The van der Waals surface area contributed by atoms with Gasteiger partial charge in [0.25, 0.3) is 0 Å². The summed E-state index contributed by atoms with van der Waals surface area (Å²) in [5.41, 5.74) is 0.692. The Bertz CT molecular complexity index is 138. The van der Waals surface area contributed by atoms with E-state index in [1.807, 2.05) is 0 Å². The molecule has 0 unspecified atom stereocenters. The van der Waals surface area contributed by atoms with E-state index in [4.69, 9.17) is 0 Å². The maximum atomic E-state index is 2.58. The molecule has 0 aromatic carbocycles. The highest BCUT2D eigenvalue weighted by Crippen LogP contribution is 2.48. The molecule has 1 heterocycles. The minimum atomic E-state index is 0.692. The summed E-state index contributed by atoms with van der Waals surface area (Å²) in [5.74, 6) is 0.985. The van der Waals surface area contributed by atoms with Crippen molar-refractivity contribution in [2.24, 2.45) is 5.92 Å². The molecule has 1 heteroatoms. The second-order valence-corrected chi connectivity index (χ2v) is 4.24. The lowest BCUT2D eigenvalue weighted by Gasteiger charge is -2.36. The van der Waals surface area contributed by atoms with Crippen molar-refractivity contribution in [3.05, 3.63) is 0 Å². The summed E-state index contributed by atoms with van der Waals surface area (Å²) in [6, 6.07) is 0. The Balaban J connectivity index is 2.03. The summed E-state index contributed by atoms with van der Waals surface area (Å²) in [6.45, 7) is 3.73. The number of piperidine rings is 1. The molecular weight excluding hydrogens is 122 g/mol. The van der Waals surface area contributed by atoms with E-state index in [9.17, 15) is 0 Å². The van der Waals surface area contributed by atoms with Crippen molar-refractivity contribution in [3.8, 4) is 0 Å². The first-order valence-corrected chi connectivity index (χ1v) is 4.44. The van der Waals surface area contributed by atoms with Gasteiger partial charge in [-0.25, -0.2) is 0 Å². The molecule has 0 N–H and O–H groups in total. The minimum Gasteiger partial charge on any atom is -0.301 e. The van der Waals surface area contributed by atoms with Crippen molar-refractivity contribution in [1.82, 2.24) is 4.90 Å². The number of likely N-dealkylation sites (tertiary alicyclic amines) is 1. The average molecular weight is 139 g/mol. The van der Waals surface area contributed by atoms with E-state index < -0.39 is 0 Å². The molecule has 1 aliphatic carbocycles. The van der Waals surface area contributed by atoms with E-state index >= 15 is 0 Å². The Morgan fingerprint density at radius 3 is 2.60 bits per heavy atom. The van der Waals surface area contributed by atoms with E-state index in [1.165, 1.54) is 32.2 Å². The molecule has 58 valence electrons. The molecule has 1 saturated carbocycles. The Kier molecular flexibility index (Phi) is 1.31. The quantitative estimate of drug-likeness (QED) is 0.495. The van der Waals surface area contributed by atoms with Crippen LogP contribution in [0.1, 0.15) is 32.6 Å². The molecule has 2 aliphatic rings. The van der Waals surface area contributed by atoms with Gasteiger partial charge in [-0.1, -0.05) is 6.92 Å². The van der Waals surface area contributed by atoms with Gasteiger partial charge in [-0.2, -0.15) is 0 Å². The largest absolute Gasteiger partial charge is 0.301 e. The van der Waals surface area contributed by atoms with Crippen LogP contribution in [-0.4, -0.2) is 24.0 Å². The first kappa shape index (κ1) is 6.66. The van der Waals surface area contributed by atoms with Gasteiger partial charge >= 0.3 is 0 Å². The van der Waals surface area contributed by atoms with Gasteiger partial charge in [0, 0.05) is 5.54 Å². The van der Waals surface area contributed by atoms with E-state index in [2.05, 4.69) is 18.9 Å². The molecular formula is C9H17N. The van der Waals surface area contributed by atoms with E-state index in [1.54, 1.807) is 0 Å². The minimum absolute atomic E-state index is 0.692. The smallest absolute Gasteiger partial charge is 0.0210 e. The van der Waals surface area contributed by atoms with Gasteiger partial charge in [-0.3, -0.25) is 0 Å². The maximum Gasteiger partial charge on any atom is 0.0210 e.